The van der Waals surface area contributed by atoms with E-state index in [1.807, 2.05) is 35.2 Å². The van der Waals surface area contributed by atoms with E-state index in [9.17, 15) is 9.18 Å². The minimum atomic E-state index is -0.266. The maximum atomic E-state index is 14.5. The number of nitrogens with zero attached hydrogens (tertiary/aromatic N) is 2. The molecule has 1 aliphatic heterocycles. The summed E-state index contributed by atoms with van der Waals surface area (Å²) in [6.07, 6.45) is 0.267. The third-order valence-corrected chi connectivity index (χ3v) is 4.94. The molecule has 1 fully saturated rings. The lowest BCUT2D eigenvalue weighted by atomic mass is 10.1. The Morgan fingerprint density at radius 1 is 1.14 bits per heavy atom. The molecule has 0 radical (unpaired) electrons. The van der Waals surface area contributed by atoms with Crippen molar-refractivity contribution in [3.05, 3.63) is 53.8 Å². The molecule has 0 unspecified atom stereocenters. The summed E-state index contributed by atoms with van der Waals surface area (Å²) in [6, 6.07) is 13.0. The zero-order chi connectivity index (χ0) is 20.6. The van der Waals surface area contributed by atoms with Gasteiger partial charge >= 0.3 is 5.97 Å². The molecule has 0 bridgehead atoms. The lowest BCUT2D eigenvalue weighted by Crippen LogP contribution is -2.46. The molecule has 1 saturated heterocycles. The minimum Gasteiger partial charge on any atom is -0.466 e. The third-order valence-electron chi connectivity index (χ3n) is 4.94. The molecular formula is C22H28FN3O3. The molecule has 2 N–H and O–H groups in total. The first-order valence-corrected chi connectivity index (χ1v) is 9.99. The van der Waals surface area contributed by atoms with Crippen LogP contribution in [0, 0.1) is 5.82 Å². The second kappa shape index (κ2) is 10.1. The number of benzene rings is 2. The van der Waals surface area contributed by atoms with Crippen LogP contribution in [0.4, 0.5) is 21.5 Å². The van der Waals surface area contributed by atoms with Crippen LogP contribution in [0.2, 0.25) is 0 Å². The van der Waals surface area contributed by atoms with Gasteiger partial charge in [0.05, 0.1) is 25.3 Å². The average molecular weight is 401 g/mol. The van der Waals surface area contributed by atoms with Crippen molar-refractivity contribution in [3.63, 3.8) is 0 Å². The van der Waals surface area contributed by atoms with E-state index in [4.69, 9.17) is 9.84 Å². The number of anilines is 3. The Hall–Kier alpha value is -2.80. The smallest absolute Gasteiger partial charge is 0.310 e. The summed E-state index contributed by atoms with van der Waals surface area (Å²) in [5.41, 5.74) is 3.25. The highest BCUT2D eigenvalue weighted by molar-refractivity contribution is 5.73. The fraction of sp³-hybridized carbons (Fsp3) is 0.409. The highest BCUT2D eigenvalue weighted by atomic mass is 19.1. The van der Waals surface area contributed by atoms with Gasteiger partial charge in [-0.15, -0.1) is 0 Å². The number of rotatable bonds is 8. The number of hydrogen-bond donors (Lipinski definition) is 2. The summed E-state index contributed by atoms with van der Waals surface area (Å²) < 4.78 is 19.5. The van der Waals surface area contributed by atoms with E-state index >= 15 is 0 Å². The van der Waals surface area contributed by atoms with Crippen molar-refractivity contribution in [2.24, 2.45) is 0 Å². The first kappa shape index (κ1) is 20.9. The summed E-state index contributed by atoms with van der Waals surface area (Å²) in [7, 11) is 0. The minimum absolute atomic E-state index is 0.00627. The molecular weight excluding hydrogens is 373 g/mol. The molecule has 29 heavy (non-hydrogen) atoms. The molecule has 3 rings (SSSR count). The number of carbonyl (C=O) groups excluding carboxylic acids is 1. The van der Waals surface area contributed by atoms with Gasteiger partial charge in [-0.05, 0) is 42.8 Å². The largest absolute Gasteiger partial charge is 0.466 e. The monoisotopic (exact) mass is 401 g/mol. The maximum absolute atomic E-state index is 14.5. The normalized spacial score (nSPS) is 14.0. The van der Waals surface area contributed by atoms with Crippen molar-refractivity contribution in [2.75, 3.05) is 61.1 Å². The zero-order valence-electron chi connectivity index (χ0n) is 16.7. The van der Waals surface area contributed by atoms with Gasteiger partial charge in [-0.1, -0.05) is 12.1 Å². The quantitative estimate of drug-likeness (QED) is 0.663. The molecule has 0 aromatic heterocycles. The SMILES string of the molecule is CCOC(=O)Cc1cccc(N2CCN(c3ccc(NCCO)cc3F)CC2)c1. The predicted octanol–water partition coefficient (Wildman–Crippen LogP) is 2.66. The Morgan fingerprint density at radius 2 is 1.90 bits per heavy atom. The van der Waals surface area contributed by atoms with E-state index in [2.05, 4.69) is 10.2 Å². The Labute approximate surface area is 170 Å². The number of nitrogens with one attached hydrogen (secondary N) is 1. The number of aliphatic hydroxyl groups is 1. The molecule has 1 aliphatic rings. The molecule has 0 amide bonds. The Morgan fingerprint density at radius 3 is 2.59 bits per heavy atom. The molecule has 0 saturated carbocycles. The van der Waals surface area contributed by atoms with Gasteiger partial charge in [0.25, 0.3) is 0 Å². The van der Waals surface area contributed by atoms with Crippen molar-refractivity contribution in [1.29, 1.82) is 0 Å². The van der Waals surface area contributed by atoms with Crippen molar-refractivity contribution in [3.8, 4) is 0 Å². The summed E-state index contributed by atoms with van der Waals surface area (Å²) in [6.45, 7) is 5.55. The first-order valence-electron chi connectivity index (χ1n) is 9.99. The first-order chi connectivity index (χ1) is 14.1. The lowest BCUT2D eigenvalue weighted by molar-refractivity contribution is -0.142. The molecule has 0 spiro atoms. The number of halogens is 1. The topological polar surface area (TPSA) is 65.0 Å². The number of aliphatic hydroxyl groups excluding tert-OH is 1. The maximum Gasteiger partial charge on any atom is 0.310 e. The Balaban J connectivity index is 1.60. The van der Waals surface area contributed by atoms with Gasteiger partial charge in [0.2, 0.25) is 0 Å². The Kier molecular flexibility index (Phi) is 7.30. The van der Waals surface area contributed by atoms with E-state index in [0.29, 0.717) is 37.6 Å². The number of esters is 1. The second-order valence-electron chi connectivity index (χ2n) is 6.94. The van der Waals surface area contributed by atoms with Crippen LogP contribution in [0.5, 0.6) is 0 Å². The van der Waals surface area contributed by atoms with Crippen LogP contribution in [0.1, 0.15) is 12.5 Å². The fourth-order valence-corrected chi connectivity index (χ4v) is 3.52. The summed E-state index contributed by atoms with van der Waals surface area (Å²) in [5.74, 6) is -0.486. The standard InChI is InChI=1S/C22H28FN3O3/c1-2-29-22(28)15-17-4-3-5-19(14-17)25-9-11-26(12-10-25)21-7-6-18(16-20(21)23)24-8-13-27/h3-7,14,16,24,27H,2,8-13,15H2,1H3. The number of ether oxygens (including phenoxy) is 1. The number of piperazine rings is 1. The average Bonchev–Trinajstić information content (AvgIpc) is 2.73. The fourth-order valence-electron chi connectivity index (χ4n) is 3.52. The van der Waals surface area contributed by atoms with Crippen LogP contribution in [0.25, 0.3) is 0 Å². The van der Waals surface area contributed by atoms with Crippen molar-refractivity contribution >= 4 is 23.0 Å². The van der Waals surface area contributed by atoms with Crippen LogP contribution < -0.4 is 15.1 Å². The third kappa shape index (κ3) is 5.60. The highest BCUT2D eigenvalue weighted by Crippen LogP contribution is 2.26. The van der Waals surface area contributed by atoms with Gasteiger partial charge in [0, 0.05) is 44.1 Å². The molecule has 0 aliphatic carbocycles. The highest BCUT2D eigenvalue weighted by Gasteiger charge is 2.20. The molecule has 2 aromatic carbocycles. The van der Waals surface area contributed by atoms with Gasteiger partial charge < -0.3 is 25.0 Å². The van der Waals surface area contributed by atoms with Crippen LogP contribution in [0.15, 0.2) is 42.5 Å². The molecule has 6 nitrogen and oxygen atoms in total. The van der Waals surface area contributed by atoms with Gasteiger partial charge in [-0.3, -0.25) is 4.79 Å². The Bertz CT molecular complexity index is 823. The molecule has 156 valence electrons. The van der Waals surface area contributed by atoms with E-state index < -0.39 is 0 Å². The lowest BCUT2D eigenvalue weighted by Gasteiger charge is -2.37. The van der Waals surface area contributed by atoms with E-state index in [0.717, 1.165) is 24.3 Å². The predicted molar refractivity (Wildman–Crippen MR) is 113 cm³/mol. The van der Waals surface area contributed by atoms with Crippen LogP contribution in [0.3, 0.4) is 0 Å². The molecule has 1 heterocycles. The van der Waals surface area contributed by atoms with Gasteiger partial charge in [0.15, 0.2) is 0 Å². The van der Waals surface area contributed by atoms with Gasteiger partial charge in [-0.2, -0.15) is 0 Å². The zero-order valence-corrected chi connectivity index (χ0v) is 16.7. The molecule has 0 atom stereocenters. The molecule has 2 aromatic rings. The van der Waals surface area contributed by atoms with Crippen molar-refractivity contribution in [2.45, 2.75) is 13.3 Å². The number of carbonyl (C=O) groups is 1. The molecule has 7 heteroatoms. The van der Waals surface area contributed by atoms with E-state index in [1.165, 1.54) is 6.07 Å². The summed E-state index contributed by atoms with van der Waals surface area (Å²) in [5, 5.41) is 11.8. The van der Waals surface area contributed by atoms with E-state index in [-0.39, 0.29) is 24.8 Å². The van der Waals surface area contributed by atoms with Crippen LogP contribution in [-0.4, -0.2) is 57.0 Å². The van der Waals surface area contributed by atoms with Crippen LogP contribution >= 0.6 is 0 Å². The number of hydrogen-bond acceptors (Lipinski definition) is 6. The summed E-state index contributed by atoms with van der Waals surface area (Å²) in [4.78, 5) is 16.0. The van der Waals surface area contributed by atoms with Gasteiger partial charge in [0.1, 0.15) is 5.82 Å². The van der Waals surface area contributed by atoms with E-state index in [1.54, 1.807) is 13.0 Å². The second-order valence-corrected chi connectivity index (χ2v) is 6.94. The van der Waals surface area contributed by atoms with Crippen molar-refractivity contribution < 1.29 is 19.0 Å². The summed E-state index contributed by atoms with van der Waals surface area (Å²) >= 11 is 0. The van der Waals surface area contributed by atoms with Crippen LogP contribution in [-0.2, 0) is 16.0 Å². The van der Waals surface area contributed by atoms with Gasteiger partial charge in [-0.25, -0.2) is 4.39 Å². The van der Waals surface area contributed by atoms with Crippen molar-refractivity contribution in [1.82, 2.24) is 0 Å².